The maximum Gasteiger partial charge on any atom is 0.490 e. The van der Waals surface area contributed by atoms with Crippen LogP contribution in [0.3, 0.4) is 0 Å². The molecular formula is C46H71F3N10O16. The fourth-order valence-electron chi connectivity index (χ4n) is 6.58. The highest BCUT2D eigenvalue weighted by atomic mass is 19.4. The highest BCUT2D eigenvalue weighted by molar-refractivity contribution is 5.98. The summed E-state index contributed by atoms with van der Waals surface area (Å²) in [6.07, 6.45) is -10.1. The minimum atomic E-state index is -5.51. The molecule has 0 fully saturated rings. The summed E-state index contributed by atoms with van der Waals surface area (Å²) in [5.41, 5.74) is 11.8. The number of carbonyl (C=O) groups is 11. The van der Waals surface area contributed by atoms with Crippen molar-refractivity contribution in [1.29, 1.82) is 0 Å². The largest absolute Gasteiger partial charge is 0.490 e. The van der Waals surface area contributed by atoms with Crippen LogP contribution in [0.1, 0.15) is 86.1 Å². The lowest BCUT2D eigenvalue weighted by Crippen LogP contribution is -2.62. The van der Waals surface area contributed by atoms with Crippen LogP contribution in [0.15, 0.2) is 30.3 Å². The molecule has 0 aromatic heterocycles. The van der Waals surface area contributed by atoms with Gasteiger partial charge in [0.1, 0.15) is 49.5 Å². The molecule has 0 unspecified atom stereocenters. The van der Waals surface area contributed by atoms with Gasteiger partial charge < -0.3 is 78.8 Å². The van der Waals surface area contributed by atoms with E-state index < -0.39 is 157 Å². The average molecular weight is 1080 g/mol. The number of benzene rings is 1. The van der Waals surface area contributed by atoms with Gasteiger partial charge in [0.05, 0.1) is 25.2 Å². The number of carboxylic acids is 1. The van der Waals surface area contributed by atoms with Crippen molar-refractivity contribution in [3.8, 4) is 0 Å². The first-order chi connectivity index (χ1) is 34.9. The molecule has 422 valence electrons. The minimum Gasteiger partial charge on any atom is -0.480 e. The Labute approximate surface area is 430 Å². The molecule has 0 bridgehead atoms. The van der Waals surface area contributed by atoms with Gasteiger partial charge >= 0.3 is 24.2 Å². The molecule has 0 saturated heterocycles. The number of esters is 1. The first-order valence-corrected chi connectivity index (χ1v) is 23.8. The third-order valence-electron chi connectivity index (χ3n) is 11.0. The van der Waals surface area contributed by atoms with E-state index in [9.17, 15) is 81.2 Å². The number of carbonyl (C=O) groups excluding carboxylic acids is 10. The first-order valence-electron chi connectivity index (χ1n) is 23.8. The fraction of sp³-hybridized carbons (Fsp3) is 0.630. The summed E-state index contributed by atoms with van der Waals surface area (Å²) in [7, 11) is 0. The molecule has 0 aliphatic carbocycles. The summed E-state index contributed by atoms with van der Waals surface area (Å²) in [6, 6.07) is -2.96. The molecule has 9 amide bonds. The molecule has 0 aliphatic rings. The monoisotopic (exact) mass is 1080 g/mol. The number of nitrogens with two attached hydrogens (primary N) is 2. The maximum atomic E-state index is 14.2. The number of hydrogen-bond donors (Lipinski definition) is 13. The van der Waals surface area contributed by atoms with Crippen LogP contribution in [0, 0.1) is 17.8 Å². The van der Waals surface area contributed by atoms with Crippen molar-refractivity contribution in [2.24, 2.45) is 29.2 Å². The number of nitrogens with one attached hydrogen (secondary N) is 8. The maximum absolute atomic E-state index is 14.2. The molecule has 1 aromatic carbocycles. The third kappa shape index (κ3) is 24.6. The van der Waals surface area contributed by atoms with E-state index in [-0.39, 0.29) is 44.8 Å². The Morgan fingerprint density at radius 1 is 0.680 bits per heavy atom. The van der Waals surface area contributed by atoms with E-state index >= 15 is 0 Å². The zero-order chi connectivity index (χ0) is 57.3. The number of rotatable bonds is 32. The minimum absolute atomic E-state index is 0.0381. The van der Waals surface area contributed by atoms with Crippen molar-refractivity contribution in [1.82, 2.24) is 42.5 Å². The van der Waals surface area contributed by atoms with Crippen LogP contribution >= 0.6 is 0 Å². The molecule has 1 aromatic rings. The second-order valence-electron chi connectivity index (χ2n) is 18.2. The molecule has 0 aliphatic heterocycles. The Morgan fingerprint density at radius 3 is 1.77 bits per heavy atom. The topological polar surface area (TPSA) is 415 Å². The number of aliphatic hydroxyl groups is 2. The number of primary amides is 1. The third-order valence-corrected chi connectivity index (χ3v) is 11.0. The smallest absolute Gasteiger partial charge is 0.480 e. The van der Waals surface area contributed by atoms with Gasteiger partial charge in [-0.1, -0.05) is 78.3 Å². The quantitative estimate of drug-likeness (QED) is 0.0264. The van der Waals surface area contributed by atoms with E-state index in [1.165, 1.54) is 0 Å². The molecular weight excluding hydrogens is 1010 g/mol. The van der Waals surface area contributed by atoms with Gasteiger partial charge in [0.25, 0.3) is 0 Å². The van der Waals surface area contributed by atoms with Gasteiger partial charge in [-0.15, -0.1) is 0 Å². The van der Waals surface area contributed by atoms with Gasteiger partial charge in [0.15, 0.2) is 6.04 Å². The molecule has 26 nitrogen and oxygen atoms in total. The van der Waals surface area contributed by atoms with Gasteiger partial charge in [-0.25, -0.2) is 14.4 Å². The number of aliphatic hydroxyl groups excluding tert-OH is 2. The van der Waals surface area contributed by atoms with Crippen molar-refractivity contribution in [3.05, 3.63) is 35.9 Å². The van der Waals surface area contributed by atoms with Gasteiger partial charge in [-0.05, 0) is 49.5 Å². The number of aliphatic carboxylic acids is 1. The number of alkyl halides is 3. The predicted molar refractivity (Wildman–Crippen MR) is 256 cm³/mol. The summed E-state index contributed by atoms with van der Waals surface area (Å²) >= 11 is 0. The van der Waals surface area contributed by atoms with E-state index in [4.69, 9.17) is 16.2 Å². The first kappa shape index (κ1) is 65.9. The van der Waals surface area contributed by atoms with Gasteiger partial charge in [0.2, 0.25) is 47.3 Å². The lowest BCUT2D eigenvalue weighted by Gasteiger charge is -2.30. The Balaban J connectivity index is 3.31. The Kier molecular flexibility index (Phi) is 28.3. The van der Waals surface area contributed by atoms with Crippen molar-refractivity contribution >= 4 is 65.3 Å². The summed E-state index contributed by atoms with van der Waals surface area (Å²) in [5, 5.41) is 48.6. The molecule has 10 atom stereocenters. The van der Waals surface area contributed by atoms with Crippen molar-refractivity contribution < 1.29 is 90.7 Å². The fourth-order valence-corrected chi connectivity index (χ4v) is 6.58. The molecule has 0 radical (unpaired) electrons. The van der Waals surface area contributed by atoms with E-state index in [1.54, 1.807) is 77.2 Å². The van der Waals surface area contributed by atoms with Gasteiger partial charge in [-0.2, -0.15) is 13.2 Å². The van der Waals surface area contributed by atoms with E-state index in [0.717, 1.165) is 12.5 Å². The van der Waals surface area contributed by atoms with Crippen LogP contribution in [-0.2, 0) is 64.0 Å². The molecule has 15 N–H and O–H groups in total. The molecule has 0 saturated carbocycles. The highest BCUT2D eigenvalue weighted by Gasteiger charge is 2.42. The van der Waals surface area contributed by atoms with Crippen LogP contribution in [0.5, 0.6) is 0 Å². The zero-order valence-electron chi connectivity index (χ0n) is 42.6. The zero-order valence-corrected chi connectivity index (χ0v) is 42.6. The van der Waals surface area contributed by atoms with Gasteiger partial charge in [0, 0.05) is 6.54 Å². The Morgan fingerprint density at radius 2 is 1.24 bits per heavy atom. The number of amides is 9. The average Bonchev–Trinajstić information content (AvgIpc) is 3.33. The number of halogens is 3. The van der Waals surface area contributed by atoms with Crippen LogP contribution < -0.4 is 54.0 Å². The summed E-state index contributed by atoms with van der Waals surface area (Å²) in [6.45, 7) is 8.44. The lowest BCUT2D eigenvalue weighted by molar-refractivity contribution is -0.200. The summed E-state index contributed by atoms with van der Waals surface area (Å²) < 4.78 is 46.8. The predicted octanol–water partition coefficient (Wildman–Crippen LogP) is -2.40. The number of carboxylic acid groups (broad SMARTS) is 1. The number of hydrogen-bond acceptors (Lipinski definition) is 16. The Hall–Kier alpha value is -7.14. The van der Waals surface area contributed by atoms with E-state index in [2.05, 4.69) is 36.6 Å². The van der Waals surface area contributed by atoms with Crippen molar-refractivity contribution in [3.63, 3.8) is 0 Å². The number of ether oxygens (including phenoxy) is 2. The second-order valence-corrected chi connectivity index (χ2v) is 18.2. The Bertz CT molecular complexity index is 2120. The highest BCUT2D eigenvalue weighted by Crippen LogP contribution is 2.17. The molecule has 0 heterocycles. The van der Waals surface area contributed by atoms with Crippen molar-refractivity contribution in [2.45, 2.75) is 148 Å². The van der Waals surface area contributed by atoms with Crippen molar-refractivity contribution in [2.75, 3.05) is 19.7 Å². The summed E-state index contributed by atoms with van der Waals surface area (Å²) in [5.74, 6) is -14.9. The van der Waals surface area contributed by atoms with Crippen LogP contribution in [-0.4, -0.2) is 161 Å². The molecule has 75 heavy (non-hydrogen) atoms. The van der Waals surface area contributed by atoms with Crippen LogP contribution in [0.4, 0.5) is 18.0 Å². The van der Waals surface area contributed by atoms with E-state index in [0.29, 0.717) is 0 Å². The SMILES string of the molecule is CC[C@H](C)[C@H](NC(=O)[C@@H](CCCNC(=O)OCc1ccccc1)NC(=O)[C@H](CC(C)C)NC(=O)[C@@H](N)[C@H](O)C(C)C)C(=O)N[C@H](C(=O)NCC(=O)N[C@@H](CC(N)=O)C(=O)N[C@@H](COC(=O)C(F)(F)F)C(=O)O)[C@H](C)O. The van der Waals surface area contributed by atoms with Gasteiger partial charge in [-0.3, -0.25) is 38.4 Å². The number of alkyl carbamates (subject to hydrolysis) is 1. The second kappa shape index (κ2) is 32.2. The normalized spacial score (nSPS) is 15.3. The summed E-state index contributed by atoms with van der Waals surface area (Å²) in [4.78, 5) is 141. The molecule has 1 rings (SSSR count). The van der Waals surface area contributed by atoms with E-state index in [1.807, 2.05) is 5.32 Å². The standard InChI is InChI=1S/C46H71F3N10O16/c1-8-24(6)34(42(69)59-35(25(7)60)41(68)53-19-32(62)54-29(18-31(50)61)39(66)57-30(43(70)71)21-74-44(72)46(47,48)49)58-37(64)27(15-12-16-52-45(73)75-20-26-13-10-9-11-14-26)55-38(65)28(17-22(2)3)56-40(67)33(51)36(63)23(4)5/h9-11,13-14,22-25,27-30,33-36,60,63H,8,12,15-21,51H2,1-7H3,(H2,50,61)(H,52,73)(H,53,68)(H,54,62)(H,55,65)(H,56,67)(H,57,66)(H,58,64)(H,59,69)(H,70,71)/t24-,25-,27+,28-,29-,30-,33-,34-,35-,36+/m0/s1. The molecule has 29 heteroatoms. The lowest BCUT2D eigenvalue weighted by atomic mass is 9.96. The van der Waals surface area contributed by atoms with Crippen LogP contribution in [0.25, 0.3) is 0 Å². The molecule has 0 spiro atoms. The van der Waals surface area contributed by atoms with Crippen LogP contribution in [0.2, 0.25) is 0 Å².